The first-order valence-corrected chi connectivity index (χ1v) is 9.18. The molecule has 1 aromatic rings. The minimum atomic E-state index is 0.425. The maximum Gasteiger partial charge on any atom is 0.0851 e. The van der Waals surface area contributed by atoms with Gasteiger partial charge in [-0.1, -0.05) is 13.5 Å². The molecule has 2 aliphatic carbocycles. The number of fused-ring (bicyclic) bond motifs is 1. The zero-order valence-electron chi connectivity index (χ0n) is 15.0. The molecule has 0 amide bonds. The molecular formula is C23H24N2. The van der Waals surface area contributed by atoms with Crippen LogP contribution in [-0.4, -0.2) is 10.7 Å². The van der Waals surface area contributed by atoms with Crippen molar-refractivity contribution in [3.05, 3.63) is 71.3 Å². The molecule has 0 radical (unpaired) electrons. The highest BCUT2D eigenvalue weighted by molar-refractivity contribution is 6.05. The van der Waals surface area contributed by atoms with Gasteiger partial charge in [0.05, 0.1) is 17.1 Å². The molecule has 1 fully saturated rings. The molecule has 1 saturated carbocycles. The lowest BCUT2D eigenvalue weighted by atomic mass is 9.82. The number of allylic oxidation sites excluding steroid dienone is 5. The van der Waals surface area contributed by atoms with Gasteiger partial charge < -0.3 is 0 Å². The fraction of sp³-hybridized carbons (Fsp3) is 0.348. The molecule has 0 saturated heterocycles. The monoisotopic (exact) mass is 328 g/mol. The predicted octanol–water partition coefficient (Wildman–Crippen LogP) is 5.93. The summed E-state index contributed by atoms with van der Waals surface area (Å²) in [6.07, 6.45) is 13.9. The Bertz CT molecular complexity index is 871. The van der Waals surface area contributed by atoms with E-state index in [1.54, 1.807) is 0 Å². The SMILES string of the molecule is C=Cc1ccc2c(n1)C(C)C(C1CC1)CC(C1=CC=C=CC(C)=C1)=N2. The highest BCUT2D eigenvalue weighted by Gasteiger charge is 2.39. The molecule has 4 rings (SSSR count). The lowest BCUT2D eigenvalue weighted by molar-refractivity contribution is 0.404. The topological polar surface area (TPSA) is 25.2 Å². The summed E-state index contributed by atoms with van der Waals surface area (Å²) in [7, 11) is 0. The van der Waals surface area contributed by atoms with Crippen LogP contribution in [0, 0.1) is 11.8 Å². The fourth-order valence-corrected chi connectivity index (χ4v) is 3.93. The maximum atomic E-state index is 5.07. The summed E-state index contributed by atoms with van der Waals surface area (Å²) in [4.78, 5) is 9.93. The van der Waals surface area contributed by atoms with Gasteiger partial charge in [0.25, 0.3) is 0 Å². The number of hydrogen-bond donors (Lipinski definition) is 0. The molecule has 2 atom stereocenters. The number of nitrogens with zero attached hydrogens (tertiary/aromatic N) is 2. The number of aromatic nitrogens is 1. The van der Waals surface area contributed by atoms with Crippen molar-refractivity contribution < 1.29 is 0 Å². The lowest BCUT2D eigenvalue weighted by Crippen LogP contribution is -2.17. The van der Waals surface area contributed by atoms with Crippen LogP contribution in [-0.2, 0) is 0 Å². The Kier molecular flexibility index (Phi) is 4.15. The second kappa shape index (κ2) is 6.46. The summed E-state index contributed by atoms with van der Waals surface area (Å²) < 4.78 is 0. The standard InChI is InChI=1S/C23H24N2/c1-4-19-11-12-21-23(24-19)16(3)20(17-9-10-17)14-22(25-21)18-8-6-5-7-15(2)13-18/h4,6-8,11-13,16-17,20H,1,9-10,14H2,2-3H3. The Balaban J connectivity index is 1.82. The first kappa shape index (κ1) is 16.1. The first-order valence-electron chi connectivity index (χ1n) is 9.18. The van der Waals surface area contributed by atoms with Crippen LogP contribution in [0.2, 0.25) is 0 Å². The van der Waals surface area contributed by atoms with Gasteiger partial charge >= 0.3 is 0 Å². The maximum absolute atomic E-state index is 5.07. The molecule has 3 aliphatic rings. The Morgan fingerprint density at radius 2 is 2.12 bits per heavy atom. The van der Waals surface area contributed by atoms with Gasteiger partial charge in [0, 0.05) is 11.6 Å². The summed E-state index contributed by atoms with van der Waals surface area (Å²) >= 11 is 0. The van der Waals surface area contributed by atoms with Crippen molar-refractivity contribution in [1.29, 1.82) is 0 Å². The highest BCUT2D eigenvalue weighted by atomic mass is 14.8. The van der Waals surface area contributed by atoms with E-state index in [-0.39, 0.29) is 0 Å². The van der Waals surface area contributed by atoms with Crippen molar-refractivity contribution in [2.24, 2.45) is 16.8 Å². The number of hydrogen-bond acceptors (Lipinski definition) is 2. The van der Waals surface area contributed by atoms with Gasteiger partial charge in [0.2, 0.25) is 0 Å². The fourth-order valence-electron chi connectivity index (χ4n) is 3.93. The molecule has 2 heteroatoms. The largest absolute Gasteiger partial charge is 0.251 e. The van der Waals surface area contributed by atoms with E-state index in [4.69, 9.17) is 9.98 Å². The number of pyridine rings is 1. The van der Waals surface area contributed by atoms with E-state index in [1.807, 2.05) is 24.3 Å². The van der Waals surface area contributed by atoms with Crippen LogP contribution >= 0.6 is 0 Å². The van der Waals surface area contributed by atoms with E-state index < -0.39 is 0 Å². The molecule has 25 heavy (non-hydrogen) atoms. The minimum Gasteiger partial charge on any atom is -0.251 e. The Hall–Kier alpha value is -2.44. The first-order chi connectivity index (χ1) is 12.2. The second-order valence-corrected chi connectivity index (χ2v) is 7.39. The van der Waals surface area contributed by atoms with Crippen LogP contribution in [0.5, 0.6) is 0 Å². The van der Waals surface area contributed by atoms with Crippen LogP contribution in [0.15, 0.2) is 64.9 Å². The van der Waals surface area contributed by atoms with E-state index in [0.717, 1.165) is 29.4 Å². The van der Waals surface area contributed by atoms with E-state index in [1.165, 1.54) is 29.7 Å². The van der Waals surface area contributed by atoms with Crippen LogP contribution in [0.25, 0.3) is 6.08 Å². The van der Waals surface area contributed by atoms with Crippen LogP contribution < -0.4 is 0 Å². The van der Waals surface area contributed by atoms with E-state index in [2.05, 4.69) is 44.4 Å². The second-order valence-electron chi connectivity index (χ2n) is 7.39. The van der Waals surface area contributed by atoms with Crippen LogP contribution in [0.3, 0.4) is 0 Å². The molecule has 2 heterocycles. The lowest BCUT2D eigenvalue weighted by Gasteiger charge is -2.22. The van der Waals surface area contributed by atoms with Crippen molar-refractivity contribution >= 4 is 17.5 Å². The molecule has 0 N–H and O–H groups in total. The summed E-state index contributed by atoms with van der Waals surface area (Å²) in [6, 6.07) is 4.12. The molecule has 0 bridgehead atoms. The van der Waals surface area contributed by atoms with Crippen molar-refractivity contribution in [3.8, 4) is 0 Å². The average molecular weight is 328 g/mol. The Morgan fingerprint density at radius 3 is 2.88 bits per heavy atom. The zero-order valence-corrected chi connectivity index (χ0v) is 15.0. The number of rotatable bonds is 3. The molecule has 2 nitrogen and oxygen atoms in total. The van der Waals surface area contributed by atoms with Crippen LogP contribution in [0.1, 0.15) is 50.4 Å². The summed E-state index contributed by atoms with van der Waals surface area (Å²) in [5.41, 5.74) is 9.89. The normalized spacial score (nSPS) is 25.3. The van der Waals surface area contributed by atoms with Crippen molar-refractivity contribution in [3.63, 3.8) is 0 Å². The molecule has 0 spiro atoms. The van der Waals surface area contributed by atoms with Gasteiger partial charge in [-0.15, -0.1) is 5.73 Å². The number of aliphatic imine (C=N–C) groups is 1. The van der Waals surface area contributed by atoms with Crippen molar-refractivity contribution in [2.75, 3.05) is 0 Å². The smallest absolute Gasteiger partial charge is 0.0851 e. The molecule has 126 valence electrons. The van der Waals surface area contributed by atoms with Gasteiger partial charge in [-0.3, -0.25) is 9.98 Å². The summed E-state index contributed by atoms with van der Waals surface area (Å²) in [6.45, 7) is 8.31. The summed E-state index contributed by atoms with van der Waals surface area (Å²) in [5, 5.41) is 0. The van der Waals surface area contributed by atoms with Crippen molar-refractivity contribution in [1.82, 2.24) is 4.98 Å². The van der Waals surface area contributed by atoms with E-state index in [9.17, 15) is 0 Å². The van der Waals surface area contributed by atoms with Crippen molar-refractivity contribution in [2.45, 2.75) is 39.0 Å². The van der Waals surface area contributed by atoms with E-state index in [0.29, 0.717) is 11.8 Å². The highest BCUT2D eigenvalue weighted by Crippen LogP contribution is 2.49. The van der Waals surface area contributed by atoms with Gasteiger partial charge in [-0.2, -0.15) is 0 Å². The quantitative estimate of drug-likeness (QED) is 0.631. The van der Waals surface area contributed by atoms with Gasteiger partial charge in [-0.25, -0.2) is 0 Å². The van der Waals surface area contributed by atoms with Gasteiger partial charge in [0.1, 0.15) is 0 Å². The predicted molar refractivity (Wildman–Crippen MR) is 105 cm³/mol. The molecular weight excluding hydrogens is 304 g/mol. The van der Waals surface area contributed by atoms with Gasteiger partial charge in [0.15, 0.2) is 0 Å². The molecule has 1 aliphatic heterocycles. The van der Waals surface area contributed by atoms with E-state index >= 15 is 0 Å². The third kappa shape index (κ3) is 3.23. The third-order valence-corrected chi connectivity index (χ3v) is 5.51. The average Bonchev–Trinajstić information content (AvgIpc) is 3.45. The summed E-state index contributed by atoms with van der Waals surface area (Å²) in [5.74, 6) is 1.85. The molecule has 2 unspecified atom stereocenters. The Labute approximate surface area is 150 Å². The van der Waals surface area contributed by atoms with Gasteiger partial charge in [-0.05, 0) is 91.7 Å². The third-order valence-electron chi connectivity index (χ3n) is 5.51. The molecule has 0 aromatic carbocycles. The minimum absolute atomic E-state index is 0.425. The van der Waals surface area contributed by atoms with Crippen LogP contribution in [0.4, 0.5) is 5.69 Å². The zero-order chi connectivity index (χ0) is 17.4. The Morgan fingerprint density at radius 1 is 1.28 bits per heavy atom. The molecule has 1 aromatic heterocycles.